The van der Waals surface area contributed by atoms with Crippen LogP contribution >= 0.6 is 23.8 Å². The number of amides is 1. The third kappa shape index (κ3) is 5.28. The van der Waals surface area contributed by atoms with Crippen molar-refractivity contribution < 1.29 is 9.53 Å². The average molecular weight is 560 g/mol. The molecular weight excluding hydrogens is 530 g/mol. The second-order valence-electron chi connectivity index (χ2n) is 9.62. The Labute approximate surface area is 238 Å². The van der Waals surface area contributed by atoms with Crippen molar-refractivity contribution in [3.63, 3.8) is 0 Å². The molecule has 2 atom stereocenters. The normalized spacial score (nSPS) is 16.8. The number of aryl methyl sites for hydroxylation is 2. The maximum absolute atomic E-state index is 12.1. The molecule has 0 aliphatic carbocycles. The highest BCUT2D eigenvalue weighted by molar-refractivity contribution is 7.80. The summed E-state index contributed by atoms with van der Waals surface area (Å²) < 4.78 is 7.19. The summed E-state index contributed by atoms with van der Waals surface area (Å²) in [5.74, 6) is -0.200. The minimum absolute atomic E-state index is 0.00160. The van der Waals surface area contributed by atoms with Crippen LogP contribution < -0.4 is 15.5 Å². The molecule has 7 nitrogen and oxygen atoms in total. The zero-order valence-electron chi connectivity index (χ0n) is 22.2. The number of nitrogens with one attached hydrogen (secondary N) is 2. The first-order valence-corrected chi connectivity index (χ1v) is 13.4. The Hall–Kier alpha value is -3.72. The first kappa shape index (κ1) is 26.9. The fourth-order valence-corrected chi connectivity index (χ4v) is 5.75. The number of methoxy groups -OCH3 is 1. The van der Waals surface area contributed by atoms with Crippen molar-refractivity contribution in [1.82, 2.24) is 14.9 Å². The summed E-state index contributed by atoms with van der Waals surface area (Å²) in [6.45, 7) is 6.20. The van der Waals surface area contributed by atoms with Crippen LogP contribution in [0.3, 0.4) is 0 Å². The van der Waals surface area contributed by atoms with Gasteiger partial charge in [-0.25, -0.2) is 0 Å². The number of thiocarbonyl (C=S) groups is 1. The number of aromatic nitrogens is 2. The summed E-state index contributed by atoms with van der Waals surface area (Å²) >= 11 is 12.1. The van der Waals surface area contributed by atoms with Crippen LogP contribution in [0.2, 0.25) is 5.02 Å². The smallest absolute Gasteiger partial charge is 0.250 e. The molecule has 2 aromatic heterocycles. The van der Waals surface area contributed by atoms with Crippen molar-refractivity contribution >= 4 is 46.2 Å². The molecule has 39 heavy (non-hydrogen) atoms. The molecular formula is C30H30ClN5O2S. The predicted octanol–water partition coefficient (Wildman–Crippen LogP) is 6.21. The van der Waals surface area contributed by atoms with Gasteiger partial charge in [-0.1, -0.05) is 17.7 Å². The van der Waals surface area contributed by atoms with Gasteiger partial charge in [0.1, 0.15) is 6.61 Å². The van der Waals surface area contributed by atoms with E-state index in [4.69, 9.17) is 28.6 Å². The summed E-state index contributed by atoms with van der Waals surface area (Å²) in [5.41, 5.74) is 7.89. The minimum atomic E-state index is -0.200. The van der Waals surface area contributed by atoms with Gasteiger partial charge in [-0.05, 0) is 105 Å². The number of carbonyl (C=O) groups is 1. The second-order valence-corrected chi connectivity index (χ2v) is 10.4. The number of anilines is 2. The molecule has 0 spiro atoms. The fraction of sp³-hybridized carbons (Fsp3) is 0.233. The Bertz CT molecular complexity index is 1520. The molecule has 5 rings (SSSR count). The molecule has 0 radical (unpaired) electrons. The van der Waals surface area contributed by atoms with Crippen LogP contribution in [0.25, 0.3) is 5.69 Å². The zero-order chi connectivity index (χ0) is 27.7. The molecule has 1 fully saturated rings. The first-order valence-electron chi connectivity index (χ1n) is 12.6. The summed E-state index contributed by atoms with van der Waals surface area (Å²) in [5, 5.41) is 7.75. The molecule has 200 valence electrons. The topological polar surface area (TPSA) is 71.4 Å². The van der Waals surface area contributed by atoms with Gasteiger partial charge < -0.3 is 24.8 Å². The molecule has 0 saturated carbocycles. The number of rotatable bonds is 7. The van der Waals surface area contributed by atoms with E-state index in [9.17, 15) is 4.79 Å². The largest absolute Gasteiger partial charge is 0.375 e. The lowest BCUT2D eigenvalue weighted by Crippen LogP contribution is -2.29. The molecule has 1 aliphatic heterocycles. The molecule has 4 aromatic rings. The Kier molecular flexibility index (Phi) is 7.70. The first-order chi connectivity index (χ1) is 18.8. The van der Waals surface area contributed by atoms with E-state index in [1.165, 1.54) is 7.11 Å². The standard InChI is InChI=1S/C30H30ClN5O2S/c1-18-15-23(12-13-25(18)33-27(37)17-38-4)36-29(28(34-30(36)39)26-7-5-6-14-32-26)24-16-19(2)35(20(24)3)22-10-8-21(31)9-11-22/h5-16,28-29H,17H2,1-4H3,(H,33,37)(H,34,39)/t28-,29+/m1/s1. The van der Waals surface area contributed by atoms with E-state index in [-0.39, 0.29) is 24.6 Å². The zero-order valence-corrected chi connectivity index (χ0v) is 23.8. The highest BCUT2D eigenvalue weighted by Crippen LogP contribution is 2.44. The van der Waals surface area contributed by atoms with Crippen molar-refractivity contribution in [2.24, 2.45) is 0 Å². The van der Waals surface area contributed by atoms with Gasteiger partial charge in [0, 0.05) is 46.8 Å². The van der Waals surface area contributed by atoms with Crippen molar-refractivity contribution in [2.45, 2.75) is 32.9 Å². The number of carbonyl (C=O) groups excluding carboxylic acids is 1. The van der Waals surface area contributed by atoms with E-state index in [0.717, 1.165) is 45.3 Å². The number of ether oxygens (including phenoxy) is 1. The van der Waals surface area contributed by atoms with Crippen LogP contribution in [0.15, 0.2) is 72.9 Å². The third-order valence-corrected chi connectivity index (χ3v) is 7.58. The maximum Gasteiger partial charge on any atom is 0.250 e. The lowest BCUT2D eigenvalue weighted by molar-refractivity contribution is -0.119. The lowest BCUT2D eigenvalue weighted by Gasteiger charge is -2.29. The van der Waals surface area contributed by atoms with E-state index < -0.39 is 0 Å². The maximum atomic E-state index is 12.1. The number of hydrogen-bond acceptors (Lipinski definition) is 4. The van der Waals surface area contributed by atoms with Crippen molar-refractivity contribution in [3.05, 3.63) is 106 Å². The quantitative estimate of drug-likeness (QED) is 0.262. The van der Waals surface area contributed by atoms with Gasteiger partial charge in [-0.3, -0.25) is 9.78 Å². The number of hydrogen-bond donors (Lipinski definition) is 2. The van der Waals surface area contributed by atoms with Gasteiger partial charge in [0.15, 0.2) is 5.11 Å². The summed E-state index contributed by atoms with van der Waals surface area (Å²) in [7, 11) is 1.50. The van der Waals surface area contributed by atoms with Gasteiger partial charge in [-0.15, -0.1) is 0 Å². The van der Waals surface area contributed by atoms with Gasteiger partial charge in [0.2, 0.25) is 5.91 Å². The molecule has 3 heterocycles. The van der Waals surface area contributed by atoms with Crippen molar-refractivity contribution in [1.29, 1.82) is 0 Å². The van der Waals surface area contributed by atoms with E-state index >= 15 is 0 Å². The fourth-order valence-electron chi connectivity index (χ4n) is 5.28. The van der Waals surface area contributed by atoms with Gasteiger partial charge in [-0.2, -0.15) is 0 Å². The molecule has 0 unspecified atom stereocenters. The Balaban J connectivity index is 1.60. The molecule has 1 aliphatic rings. The number of benzene rings is 2. The number of halogens is 1. The number of pyridine rings is 1. The molecule has 0 bridgehead atoms. The van der Waals surface area contributed by atoms with Crippen LogP contribution in [0.4, 0.5) is 11.4 Å². The highest BCUT2D eigenvalue weighted by atomic mass is 35.5. The molecule has 1 amide bonds. The average Bonchev–Trinajstić information content (AvgIpc) is 3.41. The van der Waals surface area contributed by atoms with E-state index in [1.807, 2.05) is 67.6 Å². The van der Waals surface area contributed by atoms with Crippen LogP contribution in [-0.2, 0) is 9.53 Å². The van der Waals surface area contributed by atoms with Crippen LogP contribution in [0, 0.1) is 20.8 Å². The van der Waals surface area contributed by atoms with Crippen LogP contribution in [0.1, 0.15) is 40.3 Å². The monoisotopic (exact) mass is 559 g/mol. The Morgan fingerprint density at radius 2 is 1.82 bits per heavy atom. The van der Waals surface area contributed by atoms with E-state index in [2.05, 4.69) is 45.0 Å². The molecule has 1 saturated heterocycles. The summed E-state index contributed by atoms with van der Waals surface area (Å²) in [6.07, 6.45) is 1.80. The van der Waals surface area contributed by atoms with Gasteiger partial charge in [0.25, 0.3) is 0 Å². The van der Waals surface area contributed by atoms with Gasteiger partial charge >= 0.3 is 0 Å². The molecule has 2 N–H and O–H groups in total. The predicted molar refractivity (Wildman–Crippen MR) is 160 cm³/mol. The second kappa shape index (κ2) is 11.2. The van der Waals surface area contributed by atoms with Gasteiger partial charge in [0.05, 0.1) is 17.8 Å². The Morgan fingerprint density at radius 3 is 2.49 bits per heavy atom. The summed E-state index contributed by atoms with van der Waals surface area (Å²) in [6, 6.07) is 21.6. The van der Waals surface area contributed by atoms with Crippen LogP contribution in [-0.4, -0.2) is 34.3 Å². The van der Waals surface area contributed by atoms with Crippen molar-refractivity contribution in [3.8, 4) is 5.69 Å². The van der Waals surface area contributed by atoms with E-state index in [1.54, 1.807) is 6.20 Å². The third-order valence-electron chi connectivity index (χ3n) is 7.01. The number of nitrogens with zero attached hydrogens (tertiary/aromatic N) is 3. The minimum Gasteiger partial charge on any atom is -0.375 e. The molecule has 9 heteroatoms. The highest BCUT2D eigenvalue weighted by Gasteiger charge is 2.42. The lowest BCUT2D eigenvalue weighted by atomic mass is 9.96. The Morgan fingerprint density at radius 1 is 1.08 bits per heavy atom. The summed E-state index contributed by atoms with van der Waals surface area (Å²) in [4.78, 5) is 18.9. The van der Waals surface area contributed by atoms with Crippen LogP contribution in [0.5, 0.6) is 0 Å². The van der Waals surface area contributed by atoms with E-state index in [0.29, 0.717) is 10.1 Å². The SMILES string of the molecule is COCC(=O)Nc1ccc(N2C(=S)N[C@H](c3ccccn3)[C@@H]2c2cc(C)n(-c3ccc(Cl)cc3)c2C)cc1C. The molecule has 2 aromatic carbocycles. The van der Waals surface area contributed by atoms with Crippen molar-refractivity contribution in [2.75, 3.05) is 23.9 Å².